The van der Waals surface area contributed by atoms with E-state index in [0.29, 0.717) is 43.3 Å². The molecule has 6 heteroatoms. The molecular weight excluding hydrogens is 222 g/mol. The molecule has 1 N–H and O–H groups in total. The Bertz CT molecular complexity index is 455. The van der Waals surface area contributed by atoms with E-state index in [1.165, 1.54) is 0 Å². The Hall–Kier alpha value is -1.85. The van der Waals surface area contributed by atoms with Gasteiger partial charge in [-0.25, -0.2) is 4.98 Å². The van der Waals surface area contributed by atoms with Gasteiger partial charge in [-0.3, -0.25) is 4.79 Å². The lowest BCUT2D eigenvalue weighted by molar-refractivity contribution is 0.0719. The van der Waals surface area contributed by atoms with Gasteiger partial charge < -0.3 is 14.5 Å². The van der Waals surface area contributed by atoms with Gasteiger partial charge in [0.2, 0.25) is 5.76 Å². The Labute approximate surface area is 98.9 Å². The lowest BCUT2D eigenvalue weighted by Gasteiger charge is -2.26. The minimum Gasteiger partial charge on any atom is -0.436 e. The number of nitrogens with zero attached hydrogens (tertiary/aromatic N) is 3. The lowest BCUT2D eigenvalue weighted by Crippen LogP contribution is -2.38. The maximum absolute atomic E-state index is 12.1. The molecule has 0 saturated carbocycles. The summed E-state index contributed by atoms with van der Waals surface area (Å²) in [6, 6.07) is 0. The van der Waals surface area contributed by atoms with Crippen LogP contribution in [0.4, 0.5) is 0 Å². The Morgan fingerprint density at radius 2 is 2.06 bits per heavy atom. The highest BCUT2D eigenvalue weighted by Gasteiger charge is 2.25. The van der Waals surface area contributed by atoms with Gasteiger partial charge in [0.1, 0.15) is 0 Å². The highest BCUT2D eigenvalue weighted by molar-refractivity contribution is 5.94. The van der Waals surface area contributed by atoms with Gasteiger partial charge in [-0.2, -0.15) is 0 Å². The molecule has 0 radical (unpaired) electrons. The highest BCUT2D eigenvalue weighted by atomic mass is 16.4. The average molecular weight is 237 g/mol. The summed E-state index contributed by atoms with van der Waals surface area (Å²) in [7, 11) is 0. The third-order valence-corrected chi connectivity index (χ3v) is 2.87. The minimum absolute atomic E-state index is 0.139. The zero-order valence-corrected chi connectivity index (χ0v) is 9.93. The number of amides is 1. The lowest BCUT2D eigenvalue weighted by atomic mass is 10.1. The summed E-state index contributed by atoms with van der Waals surface area (Å²) >= 11 is 0. The summed E-state index contributed by atoms with van der Waals surface area (Å²) in [4.78, 5) is 17.9. The molecule has 1 fully saturated rings. The monoisotopic (exact) mass is 237 g/mol. The molecule has 92 valence electrons. The predicted octanol–water partition coefficient (Wildman–Crippen LogP) is 1.36. The highest BCUT2D eigenvalue weighted by Crippen LogP contribution is 2.15. The van der Waals surface area contributed by atoms with Crippen LogP contribution in [0.15, 0.2) is 9.57 Å². The van der Waals surface area contributed by atoms with Gasteiger partial charge in [0.25, 0.3) is 5.91 Å². The van der Waals surface area contributed by atoms with E-state index in [2.05, 4.69) is 10.1 Å². The molecule has 1 aliphatic rings. The first kappa shape index (κ1) is 11.6. The van der Waals surface area contributed by atoms with Gasteiger partial charge in [-0.05, 0) is 6.92 Å². The SMILES string of the molecule is Cc1nc(C)c(C(=O)N2CCC(=NO)CC2)o1. The summed E-state index contributed by atoms with van der Waals surface area (Å²) in [6.07, 6.45) is 1.21. The van der Waals surface area contributed by atoms with Crippen LogP contribution < -0.4 is 0 Å². The molecule has 0 aliphatic carbocycles. The molecule has 1 aromatic heterocycles. The number of rotatable bonds is 1. The first-order valence-electron chi connectivity index (χ1n) is 5.55. The number of aryl methyl sites for hydroxylation is 2. The van der Waals surface area contributed by atoms with Crippen molar-refractivity contribution in [2.45, 2.75) is 26.7 Å². The van der Waals surface area contributed by atoms with E-state index < -0.39 is 0 Å². The normalized spacial score (nSPS) is 16.1. The summed E-state index contributed by atoms with van der Waals surface area (Å²) in [5.41, 5.74) is 1.36. The number of carbonyl (C=O) groups is 1. The molecule has 0 aromatic carbocycles. The Morgan fingerprint density at radius 1 is 1.41 bits per heavy atom. The fourth-order valence-corrected chi connectivity index (χ4v) is 1.94. The van der Waals surface area contributed by atoms with Crippen LogP contribution in [0.5, 0.6) is 0 Å². The zero-order valence-electron chi connectivity index (χ0n) is 9.93. The van der Waals surface area contributed by atoms with Crippen LogP contribution in [0.25, 0.3) is 0 Å². The summed E-state index contributed by atoms with van der Waals surface area (Å²) < 4.78 is 5.30. The second-order valence-corrected chi connectivity index (χ2v) is 4.11. The van der Waals surface area contributed by atoms with E-state index >= 15 is 0 Å². The maximum atomic E-state index is 12.1. The van der Waals surface area contributed by atoms with Crippen molar-refractivity contribution in [3.05, 3.63) is 17.3 Å². The smallest absolute Gasteiger partial charge is 0.291 e. The van der Waals surface area contributed by atoms with Crippen LogP contribution >= 0.6 is 0 Å². The standard InChI is InChI=1S/C11H15N3O3/c1-7-10(17-8(2)12-7)11(15)14-5-3-9(13-16)4-6-14/h16H,3-6H2,1-2H3. The molecule has 0 spiro atoms. The number of carbonyl (C=O) groups excluding carboxylic acids is 1. The topological polar surface area (TPSA) is 78.9 Å². The summed E-state index contributed by atoms with van der Waals surface area (Å²) in [5.74, 6) is 0.674. The quantitative estimate of drug-likeness (QED) is 0.590. The number of oxazole rings is 1. The number of likely N-dealkylation sites (tertiary alicyclic amines) is 1. The summed E-state index contributed by atoms with van der Waals surface area (Å²) in [5, 5.41) is 11.8. The molecule has 0 atom stereocenters. The maximum Gasteiger partial charge on any atom is 0.291 e. The largest absolute Gasteiger partial charge is 0.436 e. The van der Waals surface area contributed by atoms with Crippen molar-refractivity contribution in [3.8, 4) is 0 Å². The Balaban J connectivity index is 2.09. The van der Waals surface area contributed by atoms with Crippen molar-refractivity contribution in [1.82, 2.24) is 9.88 Å². The van der Waals surface area contributed by atoms with Gasteiger partial charge >= 0.3 is 0 Å². The molecular formula is C11H15N3O3. The molecule has 2 heterocycles. The van der Waals surface area contributed by atoms with Crippen LogP contribution in [0.1, 0.15) is 35.0 Å². The first-order chi connectivity index (χ1) is 8.11. The average Bonchev–Trinajstić information content (AvgIpc) is 2.68. The van der Waals surface area contributed by atoms with Crippen LogP contribution in [0, 0.1) is 13.8 Å². The Kier molecular flexibility index (Phi) is 3.12. The van der Waals surface area contributed by atoms with Gasteiger partial charge in [-0.1, -0.05) is 5.16 Å². The molecule has 0 bridgehead atoms. The third-order valence-electron chi connectivity index (χ3n) is 2.87. The van der Waals surface area contributed by atoms with Crippen molar-refractivity contribution >= 4 is 11.6 Å². The van der Waals surface area contributed by atoms with Crippen LogP contribution in [-0.4, -0.2) is 39.8 Å². The molecule has 2 rings (SSSR count). The fraction of sp³-hybridized carbons (Fsp3) is 0.545. The van der Waals surface area contributed by atoms with Crippen LogP contribution in [0.2, 0.25) is 0 Å². The number of aromatic nitrogens is 1. The van der Waals surface area contributed by atoms with E-state index in [1.54, 1.807) is 18.7 Å². The zero-order chi connectivity index (χ0) is 12.4. The predicted molar refractivity (Wildman–Crippen MR) is 60.3 cm³/mol. The number of oxime groups is 1. The van der Waals surface area contributed by atoms with Crippen LogP contribution in [0.3, 0.4) is 0 Å². The van der Waals surface area contributed by atoms with E-state index in [0.717, 1.165) is 5.71 Å². The van der Waals surface area contributed by atoms with Gasteiger partial charge in [-0.15, -0.1) is 0 Å². The number of hydrogen-bond donors (Lipinski definition) is 1. The molecule has 1 saturated heterocycles. The van der Waals surface area contributed by atoms with Gasteiger partial charge in [0.05, 0.1) is 11.4 Å². The van der Waals surface area contributed by atoms with Crippen LogP contribution in [-0.2, 0) is 0 Å². The van der Waals surface area contributed by atoms with Gasteiger partial charge in [0, 0.05) is 32.9 Å². The van der Waals surface area contributed by atoms with E-state index in [1.807, 2.05) is 0 Å². The van der Waals surface area contributed by atoms with Crippen molar-refractivity contribution in [3.63, 3.8) is 0 Å². The second kappa shape index (κ2) is 4.57. The molecule has 17 heavy (non-hydrogen) atoms. The Morgan fingerprint density at radius 3 is 2.53 bits per heavy atom. The molecule has 1 aromatic rings. The summed E-state index contributed by atoms with van der Waals surface area (Å²) in [6.45, 7) is 4.58. The van der Waals surface area contributed by atoms with E-state index in [4.69, 9.17) is 9.62 Å². The molecule has 1 aliphatic heterocycles. The third kappa shape index (κ3) is 2.30. The van der Waals surface area contributed by atoms with E-state index in [9.17, 15) is 4.79 Å². The van der Waals surface area contributed by atoms with Crippen molar-refractivity contribution in [2.75, 3.05) is 13.1 Å². The fourth-order valence-electron chi connectivity index (χ4n) is 1.94. The first-order valence-corrected chi connectivity index (χ1v) is 5.55. The minimum atomic E-state index is -0.139. The van der Waals surface area contributed by atoms with Crippen molar-refractivity contribution in [2.24, 2.45) is 5.16 Å². The van der Waals surface area contributed by atoms with Crippen molar-refractivity contribution in [1.29, 1.82) is 0 Å². The molecule has 0 unspecified atom stereocenters. The van der Waals surface area contributed by atoms with Crippen molar-refractivity contribution < 1.29 is 14.4 Å². The molecule has 6 nitrogen and oxygen atoms in total. The molecule has 1 amide bonds. The van der Waals surface area contributed by atoms with E-state index in [-0.39, 0.29) is 5.91 Å². The second-order valence-electron chi connectivity index (χ2n) is 4.11. The van der Waals surface area contributed by atoms with Gasteiger partial charge in [0.15, 0.2) is 5.89 Å². The number of hydrogen-bond acceptors (Lipinski definition) is 5. The number of piperidine rings is 1.